The molecule has 0 saturated carbocycles. The standard InChI is InChI=1S/C19H23N3O2S/c1-20-9-4-10-21(2)16-8-7-15-17-13(16)5-3-6-14(17)18(23)22(11-12-25)19(15)24/h3,5-8,20,25H,4,9-12H2,1-2H3. The number of carbonyl (C=O) groups excluding carboxylic acids is 2. The lowest BCUT2D eigenvalue weighted by Gasteiger charge is -2.29. The normalized spacial score (nSPS) is 13.6. The highest BCUT2D eigenvalue weighted by molar-refractivity contribution is 7.80. The molecule has 6 heteroatoms. The number of anilines is 1. The van der Waals surface area contributed by atoms with E-state index in [2.05, 4.69) is 22.8 Å². The first-order valence-electron chi connectivity index (χ1n) is 8.48. The van der Waals surface area contributed by atoms with E-state index in [-0.39, 0.29) is 11.8 Å². The summed E-state index contributed by atoms with van der Waals surface area (Å²) >= 11 is 4.17. The fourth-order valence-corrected chi connectivity index (χ4v) is 3.58. The van der Waals surface area contributed by atoms with Gasteiger partial charge in [0.05, 0.1) is 0 Å². The summed E-state index contributed by atoms with van der Waals surface area (Å²) < 4.78 is 0. The van der Waals surface area contributed by atoms with Gasteiger partial charge in [0.1, 0.15) is 0 Å². The summed E-state index contributed by atoms with van der Waals surface area (Å²) in [6.45, 7) is 2.16. The van der Waals surface area contributed by atoms with E-state index in [0.717, 1.165) is 36.0 Å². The van der Waals surface area contributed by atoms with Crippen molar-refractivity contribution >= 4 is 40.9 Å². The molecule has 0 unspecified atom stereocenters. The third kappa shape index (κ3) is 3.12. The van der Waals surface area contributed by atoms with Gasteiger partial charge >= 0.3 is 0 Å². The second-order valence-corrected chi connectivity index (χ2v) is 6.67. The maximum absolute atomic E-state index is 12.7. The van der Waals surface area contributed by atoms with Gasteiger partial charge in [0.2, 0.25) is 0 Å². The van der Waals surface area contributed by atoms with Crippen LogP contribution in [-0.2, 0) is 0 Å². The molecule has 2 amide bonds. The average molecular weight is 357 g/mol. The van der Waals surface area contributed by atoms with E-state index < -0.39 is 0 Å². The van der Waals surface area contributed by atoms with Crippen LogP contribution in [-0.4, -0.2) is 56.2 Å². The van der Waals surface area contributed by atoms with Gasteiger partial charge in [-0.1, -0.05) is 12.1 Å². The molecule has 0 aliphatic carbocycles. The van der Waals surface area contributed by atoms with Crippen molar-refractivity contribution in [2.24, 2.45) is 0 Å². The lowest BCUT2D eigenvalue weighted by atomic mass is 9.92. The van der Waals surface area contributed by atoms with Crippen LogP contribution < -0.4 is 10.2 Å². The number of nitrogens with one attached hydrogen (secondary N) is 1. The molecule has 0 fully saturated rings. The fourth-order valence-electron chi connectivity index (χ4n) is 3.38. The molecule has 0 radical (unpaired) electrons. The van der Waals surface area contributed by atoms with E-state index in [1.165, 1.54) is 4.90 Å². The van der Waals surface area contributed by atoms with E-state index in [4.69, 9.17) is 0 Å². The Morgan fingerprint density at radius 2 is 1.84 bits per heavy atom. The zero-order valence-electron chi connectivity index (χ0n) is 14.6. The molecule has 1 aliphatic rings. The Balaban J connectivity index is 2.08. The van der Waals surface area contributed by atoms with Crippen molar-refractivity contribution in [1.82, 2.24) is 10.2 Å². The summed E-state index contributed by atoms with van der Waals surface area (Å²) in [7, 11) is 3.98. The predicted molar refractivity (Wildman–Crippen MR) is 105 cm³/mol. The van der Waals surface area contributed by atoms with E-state index in [1.807, 2.05) is 38.4 Å². The molecule has 0 aromatic heterocycles. The van der Waals surface area contributed by atoms with E-state index in [1.54, 1.807) is 6.07 Å². The Kier molecular flexibility index (Phi) is 5.30. The number of carbonyl (C=O) groups is 2. The minimum Gasteiger partial charge on any atom is -0.374 e. The molecule has 1 heterocycles. The molecule has 25 heavy (non-hydrogen) atoms. The summed E-state index contributed by atoms with van der Waals surface area (Å²) in [5, 5.41) is 4.87. The van der Waals surface area contributed by atoms with Gasteiger partial charge in [0.25, 0.3) is 11.8 Å². The molecule has 0 atom stereocenters. The van der Waals surface area contributed by atoms with Gasteiger partial charge in [-0.05, 0) is 38.2 Å². The number of imide groups is 1. The van der Waals surface area contributed by atoms with Gasteiger partial charge < -0.3 is 10.2 Å². The molecule has 0 spiro atoms. The molecular weight excluding hydrogens is 334 g/mol. The lowest BCUT2D eigenvalue weighted by Crippen LogP contribution is -2.41. The third-order valence-corrected chi connectivity index (χ3v) is 4.82. The van der Waals surface area contributed by atoms with Gasteiger partial charge in [-0.15, -0.1) is 0 Å². The lowest BCUT2D eigenvalue weighted by molar-refractivity contribution is 0.0621. The van der Waals surface area contributed by atoms with Gasteiger partial charge in [0, 0.05) is 53.5 Å². The van der Waals surface area contributed by atoms with Crippen LogP contribution in [0.3, 0.4) is 0 Å². The molecule has 3 rings (SSSR count). The maximum atomic E-state index is 12.7. The number of thiol groups is 1. The highest BCUT2D eigenvalue weighted by Crippen LogP contribution is 2.35. The summed E-state index contributed by atoms with van der Waals surface area (Å²) in [5.74, 6) is -0.00556. The quantitative estimate of drug-likeness (QED) is 0.454. The SMILES string of the molecule is CNCCCN(C)c1ccc2c3c(cccc13)C(=O)N(CCS)C2=O. The van der Waals surface area contributed by atoms with Crippen LogP contribution in [0.15, 0.2) is 30.3 Å². The number of hydrogen-bond donors (Lipinski definition) is 2. The van der Waals surface area contributed by atoms with Crippen molar-refractivity contribution in [1.29, 1.82) is 0 Å². The Morgan fingerprint density at radius 3 is 2.52 bits per heavy atom. The van der Waals surface area contributed by atoms with Crippen molar-refractivity contribution in [2.45, 2.75) is 6.42 Å². The van der Waals surface area contributed by atoms with Crippen molar-refractivity contribution in [3.8, 4) is 0 Å². The van der Waals surface area contributed by atoms with Crippen LogP contribution in [0, 0.1) is 0 Å². The molecule has 1 N–H and O–H groups in total. The van der Waals surface area contributed by atoms with Gasteiger partial charge in [-0.3, -0.25) is 14.5 Å². The Bertz CT molecular complexity index is 799. The largest absolute Gasteiger partial charge is 0.374 e. The van der Waals surface area contributed by atoms with Crippen LogP contribution in [0.5, 0.6) is 0 Å². The molecule has 0 saturated heterocycles. The van der Waals surface area contributed by atoms with Gasteiger partial charge in [-0.2, -0.15) is 12.6 Å². The van der Waals surface area contributed by atoms with Crippen LogP contribution in [0.1, 0.15) is 27.1 Å². The van der Waals surface area contributed by atoms with Crippen molar-refractivity contribution in [3.05, 3.63) is 41.5 Å². The minimum atomic E-state index is -0.230. The Morgan fingerprint density at radius 1 is 1.12 bits per heavy atom. The number of hydrogen-bond acceptors (Lipinski definition) is 5. The topological polar surface area (TPSA) is 52.7 Å². The number of benzene rings is 2. The molecule has 2 aromatic rings. The minimum absolute atomic E-state index is 0.230. The monoisotopic (exact) mass is 357 g/mol. The Hall–Kier alpha value is -2.05. The summed E-state index contributed by atoms with van der Waals surface area (Å²) in [6, 6.07) is 9.50. The maximum Gasteiger partial charge on any atom is 0.261 e. The molecular formula is C19H23N3O2S. The van der Waals surface area contributed by atoms with Crippen molar-refractivity contribution in [3.63, 3.8) is 0 Å². The van der Waals surface area contributed by atoms with Crippen molar-refractivity contribution < 1.29 is 9.59 Å². The first-order valence-corrected chi connectivity index (χ1v) is 9.12. The molecule has 132 valence electrons. The first kappa shape index (κ1) is 17.8. The first-order chi connectivity index (χ1) is 12.1. The number of rotatable bonds is 7. The second-order valence-electron chi connectivity index (χ2n) is 6.22. The number of amides is 2. The predicted octanol–water partition coefficient (Wildman–Crippen LogP) is 2.41. The fraction of sp³-hybridized carbons (Fsp3) is 0.368. The third-order valence-electron chi connectivity index (χ3n) is 4.62. The summed E-state index contributed by atoms with van der Waals surface area (Å²) in [6.07, 6.45) is 1.02. The summed E-state index contributed by atoms with van der Waals surface area (Å²) in [4.78, 5) is 29.0. The van der Waals surface area contributed by atoms with E-state index in [9.17, 15) is 9.59 Å². The Labute approximate surface area is 153 Å². The van der Waals surface area contributed by atoms with Gasteiger partial charge in [0.15, 0.2) is 0 Å². The summed E-state index contributed by atoms with van der Waals surface area (Å²) in [5.41, 5.74) is 2.23. The molecule has 0 bridgehead atoms. The molecule has 5 nitrogen and oxygen atoms in total. The second kappa shape index (κ2) is 7.45. The molecule has 2 aromatic carbocycles. The highest BCUT2D eigenvalue weighted by Gasteiger charge is 2.32. The van der Waals surface area contributed by atoms with E-state index >= 15 is 0 Å². The zero-order chi connectivity index (χ0) is 18.0. The van der Waals surface area contributed by atoms with Crippen LogP contribution in [0.2, 0.25) is 0 Å². The smallest absolute Gasteiger partial charge is 0.261 e. The number of nitrogens with zero attached hydrogens (tertiary/aromatic N) is 2. The van der Waals surface area contributed by atoms with Crippen molar-refractivity contribution in [2.75, 3.05) is 44.4 Å². The van der Waals surface area contributed by atoms with E-state index in [0.29, 0.717) is 23.4 Å². The average Bonchev–Trinajstić information content (AvgIpc) is 2.62. The van der Waals surface area contributed by atoms with Gasteiger partial charge in [-0.25, -0.2) is 0 Å². The zero-order valence-corrected chi connectivity index (χ0v) is 15.5. The molecule has 1 aliphatic heterocycles. The van der Waals surface area contributed by atoms with Crippen LogP contribution >= 0.6 is 12.6 Å². The highest BCUT2D eigenvalue weighted by atomic mass is 32.1. The van der Waals surface area contributed by atoms with Crippen LogP contribution in [0.4, 0.5) is 5.69 Å². The van der Waals surface area contributed by atoms with Crippen LogP contribution in [0.25, 0.3) is 10.8 Å².